The summed E-state index contributed by atoms with van der Waals surface area (Å²) >= 11 is 5.80. The Morgan fingerprint density at radius 3 is 2.67 bits per heavy atom. The lowest BCUT2D eigenvalue weighted by molar-refractivity contribution is -0.225. The summed E-state index contributed by atoms with van der Waals surface area (Å²) in [6.45, 7) is 5.11. The lowest BCUT2D eigenvalue weighted by Gasteiger charge is -2.38. The molecule has 9 heteroatoms. The van der Waals surface area contributed by atoms with E-state index in [1.807, 2.05) is 18.0 Å². The quantitative estimate of drug-likeness (QED) is 0.684. The monoisotopic (exact) mass is 433 g/mol. The zero-order valence-corrected chi connectivity index (χ0v) is 17.8. The van der Waals surface area contributed by atoms with Gasteiger partial charge in [0.25, 0.3) is 0 Å². The van der Waals surface area contributed by atoms with Crippen LogP contribution in [0.15, 0.2) is 30.3 Å². The average Bonchev–Trinajstić information content (AvgIpc) is 2.75. The SMILES string of the molecule is CNCC1(C)COC(CCN(Cc2ccc(Cl)c(F)c2)c2ccc(C#N)nn2)OC1. The zero-order chi connectivity index (χ0) is 21.6. The summed E-state index contributed by atoms with van der Waals surface area (Å²) in [7, 11) is 1.91. The fourth-order valence-electron chi connectivity index (χ4n) is 3.32. The maximum atomic E-state index is 13.9. The molecule has 0 amide bonds. The number of nitriles is 1. The topological polar surface area (TPSA) is 83.3 Å². The van der Waals surface area contributed by atoms with Gasteiger partial charge in [-0.1, -0.05) is 24.6 Å². The van der Waals surface area contributed by atoms with Crippen molar-refractivity contribution in [2.45, 2.75) is 26.2 Å². The van der Waals surface area contributed by atoms with Gasteiger partial charge in [-0.3, -0.25) is 0 Å². The molecule has 0 spiro atoms. The number of benzene rings is 1. The number of aromatic nitrogens is 2. The second-order valence-electron chi connectivity index (χ2n) is 7.74. The molecule has 0 radical (unpaired) electrons. The fraction of sp³-hybridized carbons (Fsp3) is 0.476. The molecule has 1 aliphatic rings. The van der Waals surface area contributed by atoms with Crippen LogP contribution in [0.5, 0.6) is 0 Å². The van der Waals surface area contributed by atoms with Crippen LogP contribution >= 0.6 is 11.6 Å². The Morgan fingerprint density at radius 1 is 1.30 bits per heavy atom. The number of rotatable bonds is 8. The maximum Gasteiger partial charge on any atom is 0.163 e. The van der Waals surface area contributed by atoms with E-state index in [1.54, 1.807) is 18.2 Å². The fourth-order valence-corrected chi connectivity index (χ4v) is 3.44. The Bertz CT molecular complexity index is 882. The molecule has 160 valence electrons. The van der Waals surface area contributed by atoms with Crippen molar-refractivity contribution in [1.29, 1.82) is 5.26 Å². The van der Waals surface area contributed by atoms with Crippen molar-refractivity contribution in [2.24, 2.45) is 5.41 Å². The van der Waals surface area contributed by atoms with Crippen LogP contribution in [0.1, 0.15) is 24.6 Å². The number of nitrogens with zero attached hydrogens (tertiary/aromatic N) is 4. The Hall–Kier alpha value is -2.31. The Kier molecular flexibility index (Phi) is 7.56. The van der Waals surface area contributed by atoms with E-state index in [0.717, 1.165) is 12.1 Å². The Balaban J connectivity index is 1.68. The van der Waals surface area contributed by atoms with E-state index in [1.165, 1.54) is 12.1 Å². The minimum atomic E-state index is -0.470. The predicted octanol–water partition coefficient (Wildman–Crippen LogP) is 3.14. The highest BCUT2D eigenvalue weighted by Gasteiger charge is 2.32. The van der Waals surface area contributed by atoms with Crippen LogP contribution in [0.4, 0.5) is 10.2 Å². The van der Waals surface area contributed by atoms with Gasteiger partial charge in [0.1, 0.15) is 11.9 Å². The van der Waals surface area contributed by atoms with E-state index in [9.17, 15) is 4.39 Å². The molecule has 7 nitrogen and oxygen atoms in total. The minimum Gasteiger partial charge on any atom is -0.352 e. The molecule has 1 aromatic carbocycles. The van der Waals surface area contributed by atoms with Crippen molar-refractivity contribution in [3.05, 3.63) is 52.4 Å². The molecule has 0 aliphatic carbocycles. The molecule has 2 aromatic rings. The van der Waals surface area contributed by atoms with Crippen LogP contribution in [-0.2, 0) is 16.0 Å². The van der Waals surface area contributed by atoms with Gasteiger partial charge in [0, 0.05) is 31.5 Å². The smallest absolute Gasteiger partial charge is 0.163 e. The Morgan fingerprint density at radius 2 is 2.07 bits per heavy atom. The molecule has 0 bridgehead atoms. The number of anilines is 1. The second kappa shape index (κ2) is 10.1. The van der Waals surface area contributed by atoms with Crippen molar-refractivity contribution >= 4 is 17.4 Å². The third-order valence-corrected chi connectivity index (χ3v) is 5.23. The first-order chi connectivity index (χ1) is 14.4. The zero-order valence-electron chi connectivity index (χ0n) is 17.1. The lowest BCUT2D eigenvalue weighted by Crippen LogP contribution is -2.46. The normalized spacial score (nSPS) is 21.2. The first kappa shape index (κ1) is 22.4. The van der Waals surface area contributed by atoms with Crippen LogP contribution in [0.2, 0.25) is 5.02 Å². The molecule has 0 saturated carbocycles. The summed E-state index contributed by atoms with van der Waals surface area (Å²) in [5, 5.41) is 20.2. The largest absolute Gasteiger partial charge is 0.352 e. The summed E-state index contributed by atoms with van der Waals surface area (Å²) < 4.78 is 25.7. The number of ether oxygens (including phenoxy) is 2. The van der Waals surface area contributed by atoms with Gasteiger partial charge in [0.15, 0.2) is 17.8 Å². The molecule has 1 N–H and O–H groups in total. The molecule has 1 aromatic heterocycles. The number of hydrogen-bond acceptors (Lipinski definition) is 7. The van der Waals surface area contributed by atoms with Gasteiger partial charge in [0.2, 0.25) is 0 Å². The summed E-state index contributed by atoms with van der Waals surface area (Å²) in [4.78, 5) is 1.95. The van der Waals surface area contributed by atoms with Crippen molar-refractivity contribution < 1.29 is 13.9 Å². The predicted molar refractivity (Wildman–Crippen MR) is 112 cm³/mol. The van der Waals surface area contributed by atoms with Crippen LogP contribution < -0.4 is 10.2 Å². The van der Waals surface area contributed by atoms with Gasteiger partial charge < -0.3 is 19.7 Å². The van der Waals surface area contributed by atoms with E-state index >= 15 is 0 Å². The molecular formula is C21H25ClFN5O2. The average molecular weight is 434 g/mol. The number of nitrogens with one attached hydrogen (secondary N) is 1. The summed E-state index contributed by atoms with van der Waals surface area (Å²) in [5.41, 5.74) is 0.929. The Labute approximate surface area is 180 Å². The van der Waals surface area contributed by atoms with Gasteiger partial charge in [-0.15, -0.1) is 10.2 Å². The highest BCUT2D eigenvalue weighted by molar-refractivity contribution is 6.30. The number of hydrogen-bond donors (Lipinski definition) is 1. The molecule has 0 atom stereocenters. The van der Waals surface area contributed by atoms with Crippen LogP contribution in [-0.4, -0.2) is 49.8 Å². The van der Waals surface area contributed by atoms with E-state index in [2.05, 4.69) is 22.4 Å². The number of halogens is 2. The lowest BCUT2D eigenvalue weighted by atomic mass is 9.92. The highest BCUT2D eigenvalue weighted by atomic mass is 35.5. The molecule has 0 unspecified atom stereocenters. The molecule has 1 aliphatic heterocycles. The summed E-state index contributed by atoms with van der Waals surface area (Å²) in [6, 6.07) is 10.00. The van der Waals surface area contributed by atoms with Gasteiger partial charge in [-0.05, 0) is 36.9 Å². The second-order valence-corrected chi connectivity index (χ2v) is 8.15. The van der Waals surface area contributed by atoms with E-state index in [0.29, 0.717) is 38.5 Å². The molecule has 30 heavy (non-hydrogen) atoms. The van der Waals surface area contributed by atoms with Gasteiger partial charge in [-0.2, -0.15) is 5.26 Å². The van der Waals surface area contributed by atoms with Crippen molar-refractivity contribution in [3.8, 4) is 6.07 Å². The summed E-state index contributed by atoms with van der Waals surface area (Å²) in [5.74, 6) is 0.114. The summed E-state index contributed by atoms with van der Waals surface area (Å²) in [6.07, 6.45) is 0.277. The third kappa shape index (κ3) is 5.86. The van der Waals surface area contributed by atoms with E-state index in [-0.39, 0.29) is 22.4 Å². The minimum absolute atomic E-state index is 0.0512. The van der Waals surface area contributed by atoms with E-state index < -0.39 is 5.82 Å². The van der Waals surface area contributed by atoms with Crippen molar-refractivity contribution in [2.75, 3.05) is 38.3 Å². The van der Waals surface area contributed by atoms with E-state index in [4.69, 9.17) is 26.3 Å². The standard InChI is InChI=1S/C21H25ClFN5O2/c1-21(12-25-2)13-29-20(30-14-21)7-8-28(19-6-4-16(10-24)26-27-19)11-15-3-5-17(22)18(23)9-15/h3-6,9,20,25H,7-8,11-14H2,1-2H3. The highest BCUT2D eigenvalue weighted by Crippen LogP contribution is 2.25. The van der Waals surface area contributed by atoms with Crippen LogP contribution in [0.25, 0.3) is 0 Å². The molecule has 2 heterocycles. The molecule has 1 saturated heterocycles. The molecule has 3 rings (SSSR count). The van der Waals surface area contributed by atoms with Gasteiger partial charge >= 0.3 is 0 Å². The maximum absolute atomic E-state index is 13.9. The van der Waals surface area contributed by atoms with Crippen molar-refractivity contribution in [1.82, 2.24) is 15.5 Å². The van der Waals surface area contributed by atoms with Crippen molar-refractivity contribution in [3.63, 3.8) is 0 Å². The van der Waals surface area contributed by atoms with Gasteiger partial charge in [0.05, 0.1) is 18.2 Å². The third-order valence-electron chi connectivity index (χ3n) is 4.92. The van der Waals surface area contributed by atoms with Crippen LogP contribution in [0.3, 0.4) is 0 Å². The van der Waals surface area contributed by atoms with Crippen LogP contribution in [0, 0.1) is 22.6 Å². The van der Waals surface area contributed by atoms with Gasteiger partial charge in [-0.25, -0.2) is 4.39 Å². The molecule has 1 fully saturated rings. The molecular weight excluding hydrogens is 409 g/mol. The first-order valence-electron chi connectivity index (χ1n) is 9.73. The first-order valence-corrected chi connectivity index (χ1v) is 10.1.